The lowest BCUT2D eigenvalue weighted by Gasteiger charge is -2.11. The molecule has 7 nitrogen and oxygen atoms in total. The van der Waals surface area contributed by atoms with Crippen LogP contribution in [0, 0.1) is 0 Å². The fourth-order valence-electron chi connectivity index (χ4n) is 3.68. The fraction of sp³-hybridized carbons (Fsp3) is 0.179. The summed E-state index contributed by atoms with van der Waals surface area (Å²) in [5.74, 6) is 1.61. The van der Waals surface area contributed by atoms with E-state index in [9.17, 15) is 4.79 Å². The minimum Gasteiger partial charge on any atom is -0.496 e. The van der Waals surface area contributed by atoms with Crippen LogP contribution >= 0.6 is 0 Å². The van der Waals surface area contributed by atoms with Crippen LogP contribution in [0.25, 0.3) is 22.2 Å². The molecule has 0 aliphatic heterocycles. The Morgan fingerprint density at radius 2 is 1.71 bits per heavy atom. The highest BCUT2D eigenvalue weighted by Crippen LogP contribution is 2.31. The van der Waals surface area contributed by atoms with Gasteiger partial charge in [-0.3, -0.25) is 4.79 Å². The first kappa shape index (κ1) is 23.8. The molecule has 0 saturated heterocycles. The summed E-state index contributed by atoms with van der Waals surface area (Å²) in [5.41, 5.74) is 6.01. The van der Waals surface area contributed by atoms with Crippen molar-refractivity contribution in [1.82, 2.24) is 10.4 Å². The maximum Gasteiger partial charge on any atom is 0.272 e. The average Bonchev–Trinajstić information content (AvgIpc) is 2.91. The fourth-order valence-corrected chi connectivity index (χ4v) is 3.68. The first-order valence-electron chi connectivity index (χ1n) is 11.3. The molecule has 178 valence electrons. The van der Waals surface area contributed by atoms with E-state index in [2.05, 4.69) is 10.5 Å². The van der Waals surface area contributed by atoms with Gasteiger partial charge in [-0.25, -0.2) is 10.4 Å². The molecule has 7 heteroatoms. The summed E-state index contributed by atoms with van der Waals surface area (Å²) in [5, 5.41) is 4.90. The summed E-state index contributed by atoms with van der Waals surface area (Å²) < 4.78 is 16.6. The van der Waals surface area contributed by atoms with E-state index in [1.54, 1.807) is 26.5 Å². The zero-order valence-corrected chi connectivity index (χ0v) is 19.9. The van der Waals surface area contributed by atoms with Crippen LogP contribution in [-0.4, -0.2) is 37.9 Å². The summed E-state index contributed by atoms with van der Waals surface area (Å²) in [4.78, 5) is 17.9. The standard InChI is InChI=1S/C28H27N3O4/c1-4-15-35-26-14-13-19(16-27(26)34-3)18-29-31-28(32)22-17-24(21-10-6-8-12-25(21)33-2)30-23-11-7-5-9-20(22)23/h5-14,16-18H,4,15H2,1-3H3,(H,31,32). The molecule has 4 rings (SSSR count). The van der Waals surface area contributed by atoms with E-state index in [-0.39, 0.29) is 5.91 Å². The lowest BCUT2D eigenvalue weighted by atomic mass is 10.0. The molecule has 1 heterocycles. The van der Waals surface area contributed by atoms with Crippen molar-refractivity contribution < 1.29 is 19.0 Å². The van der Waals surface area contributed by atoms with Crippen LogP contribution < -0.4 is 19.6 Å². The minimum atomic E-state index is -0.342. The number of rotatable bonds is 9. The summed E-state index contributed by atoms with van der Waals surface area (Å²) in [6, 6.07) is 22.3. The quantitative estimate of drug-likeness (QED) is 0.260. The normalized spacial score (nSPS) is 10.9. The molecule has 0 saturated carbocycles. The number of methoxy groups -OCH3 is 2. The highest BCUT2D eigenvalue weighted by molar-refractivity contribution is 6.07. The van der Waals surface area contributed by atoms with Gasteiger partial charge >= 0.3 is 0 Å². The van der Waals surface area contributed by atoms with Crippen molar-refractivity contribution >= 4 is 23.0 Å². The number of pyridine rings is 1. The highest BCUT2D eigenvalue weighted by Gasteiger charge is 2.15. The number of para-hydroxylation sites is 2. The highest BCUT2D eigenvalue weighted by atomic mass is 16.5. The predicted molar refractivity (Wildman–Crippen MR) is 138 cm³/mol. The molecule has 0 aliphatic carbocycles. The van der Waals surface area contributed by atoms with Gasteiger partial charge in [0.1, 0.15) is 5.75 Å². The largest absolute Gasteiger partial charge is 0.496 e. The summed E-state index contributed by atoms with van der Waals surface area (Å²) in [6.07, 6.45) is 2.47. The van der Waals surface area contributed by atoms with Crippen molar-refractivity contribution in [2.75, 3.05) is 20.8 Å². The third-order valence-electron chi connectivity index (χ3n) is 5.37. The molecule has 0 spiro atoms. The van der Waals surface area contributed by atoms with Crippen molar-refractivity contribution in [1.29, 1.82) is 0 Å². The zero-order valence-electron chi connectivity index (χ0n) is 19.9. The molecule has 1 amide bonds. The van der Waals surface area contributed by atoms with Crippen LogP contribution in [-0.2, 0) is 0 Å². The Morgan fingerprint density at radius 1 is 0.943 bits per heavy atom. The van der Waals surface area contributed by atoms with Crippen molar-refractivity contribution in [2.45, 2.75) is 13.3 Å². The second-order valence-corrected chi connectivity index (χ2v) is 7.73. The Hall–Kier alpha value is -4.39. The van der Waals surface area contributed by atoms with Crippen molar-refractivity contribution in [2.24, 2.45) is 5.10 Å². The molecule has 0 unspecified atom stereocenters. The number of nitrogens with one attached hydrogen (secondary N) is 1. The summed E-state index contributed by atoms with van der Waals surface area (Å²) >= 11 is 0. The first-order chi connectivity index (χ1) is 17.1. The van der Waals surface area contributed by atoms with Crippen LogP contribution in [0.3, 0.4) is 0 Å². The Labute approximate surface area is 204 Å². The van der Waals surface area contributed by atoms with E-state index in [4.69, 9.17) is 19.2 Å². The van der Waals surface area contributed by atoms with Gasteiger partial charge in [0.2, 0.25) is 0 Å². The monoisotopic (exact) mass is 469 g/mol. The lowest BCUT2D eigenvalue weighted by Crippen LogP contribution is -2.18. The molecule has 0 atom stereocenters. The molecule has 1 aromatic heterocycles. The molecule has 35 heavy (non-hydrogen) atoms. The summed E-state index contributed by atoms with van der Waals surface area (Å²) in [6.45, 7) is 2.65. The number of aromatic nitrogens is 1. The topological polar surface area (TPSA) is 82.0 Å². The van der Waals surface area contributed by atoms with Crippen LogP contribution in [0.5, 0.6) is 17.2 Å². The van der Waals surface area contributed by atoms with Gasteiger partial charge in [-0.05, 0) is 54.4 Å². The molecule has 0 radical (unpaired) electrons. The van der Waals surface area contributed by atoms with E-state index in [1.165, 1.54) is 0 Å². The number of fused-ring (bicyclic) bond motifs is 1. The number of carbonyl (C=O) groups is 1. The van der Waals surface area contributed by atoms with Crippen LogP contribution in [0.1, 0.15) is 29.3 Å². The maximum absolute atomic E-state index is 13.2. The Morgan fingerprint density at radius 3 is 2.51 bits per heavy atom. The molecule has 3 aromatic carbocycles. The van der Waals surface area contributed by atoms with Crippen molar-refractivity contribution in [3.63, 3.8) is 0 Å². The third kappa shape index (κ3) is 5.41. The van der Waals surface area contributed by atoms with Crippen molar-refractivity contribution in [3.05, 3.63) is 83.9 Å². The molecule has 1 N–H and O–H groups in total. The smallest absolute Gasteiger partial charge is 0.272 e. The van der Waals surface area contributed by atoms with E-state index in [1.807, 2.05) is 73.7 Å². The zero-order chi connectivity index (χ0) is 24.6. The summed E-state index contributed by atoms with van der Waals surface area (Å²) in [7, 11) is 3.20. The second kappa shape index (κ2) is 11.2. The van der Waals surface area contributed by atoms with Crippen LogP contribution in [0.15, 0.2) is 77.9 Å². The maximum atomic E-state index is 13.2. The third-order valence-corrected chi connectivity index (χ3v) is 5.37. The van der Waals surface area contributed by atoms with Crippen molar-refractivity contribution in [3.8, 4) is 28.5 Å². The van der Waals surface area contributed by atoms with Gasteiger partial charge in [0, 0.05) is 10.9 Å². The van der Waals surface area contributed by atoms with E-state index in [0.717, 1.165) is 22.9 Å². The molecular formula is C28H27N3O4. The lowest BCUT2D eigenvalue weighted by molar-refractivity contribution is 0.0956. The number of hydrogen-bond donors (Lipinski definition) is 1. The van der Waals surface area contributed by atoms with Gasteiger partial charge in [0.05, 0.1) is 43.8 Å². The predicted octanol–water partition coefficient (Wildman–Crippen LogP) is 5.47. The van der Waals surface area contributed by atoms with Crippen LogP contribution in [0.4, 0.5) is 0 Å². The Balaban J connectivity index is 1.61. The Kier molecular flexibility index (Phi) is 7.57. The minimum absolute atomic E-state index is 0.342. The number of amides is 1. The number of hydrazone groups is 1. The van der Waals surface area contributed by atoms with Gasteiger partial charge in [-0.2, -0.15) is 5.10 Å². The number of benzene rings is 3. The van der Waals surface area contributed by atoms with E-state index in [0.29, 0.717) is 40.6 Å². The molecule has 0 aliphatic rings. The number of carbonyl (C=O) groups excluding carboxylic acids is 1. The van der Waals surface area contributed by atoms with E-state index >= 15 is 0 Å². The molecule has 4 aromatic rings. The van der Waals surface area contributed by atoms with Gasteiger partial charge in [0.15, 0.2) is 11.5 Å². The molecular weight excluding hydrogens is 442 g/mol. The number of ether oxygens (including phenoxy) is 3. The average molecular weight is 470 g/mol. The van der Waals surface area contributed by atoms with E-state index < -0.39 is 0 Å². The molecule has 0 bridgehead atoms. The molecule has 0 fully saturated rings. The van der Waals surface area contributed by atoms with Gasteiger partial charge in [-0.15, -0.1) is 0 Å². The second-order valence-electron chi connectivity index (χ2n) is 7.73. The van der Waals surface area contributed by atoms with Crippen LogP contribution in [0.2, 0.25) is 0 Å². The van der Waals surface area contributed by atoms with Gasteiger partial charge < -0.3 is 14.2 Å². The first-order valence-corrected chi connectivity index (χ1v) is 11.3. The Bertz CT molecular complexity index is 1370. The number of hydrogen-bond acceptors (Lipinski definition) is 6. The number of nitrogens with zero attached hydrogens (tertiary/aromatic N) is 2. The van der Waals surface area contributed by atoms with Gasteiger partial charge in [0.25, 0.3) is 5.91 Å². The SMILES string of the molecule is CCCOc1ccc(C=NNC(=O)c2cc(-c3ccccc3OC)nc3ccccc23)cc1OC. The van der Waals surface area contributed by atoms with Gasteiger partial charge in [-0.1, -0.05) is 37.3 Å².